The number of ether oxygens (including phenoxy) is 1. The molecule has 0 saturated carbocycles. The van der Waals surface area contributed by atoms with Crippen LogP contribution in [0.3, 0.4) is 0 Å². The highest BCUT2D eigenvalue weighted by Gasteiger charge is 2.35. The van der Waals surface area contributed by atoms with E-state index in [0.29, 0.717) is 26.1 Å². The molecule has 2 aromatic carbocycles. The van der Waals surface area contributed by atoms with E-state index in [1.165, 1.54) is 5.56 Å². The largest absolute Gasteiger partial charge is 0.493 e. The molecule has 27 heavy (non-hydrogen) atoms. The summed E-state index contributed by atoms with van der Waals surface area (Å²) in [5.41, 5.74) is 2.22. The van der Waals surface area contributed by atoms with Crippen molar-refractivity contribution >= 4 is 11.8 Å². The van der Waals surface area contributed by atoms with Crippen LogP contribution in [0.4, 0.5) is 0 Å². The van der Waals surface area contributed by atoms with Crippen LogP contribution in [0.5, 0.6) is 5.75 Å². The number of hydrogen-bond acceptors (Lipinski definition) is 3. The average molecular weight is 364 g/mol. The van der Waals surface area contributed by atoms with Crippen LogP contribution in [0.1, 0.15) is 30.0 Å². The Hall–Kier alpha value is -2.82. The van der Waals surface area contributed by atoms with Gasteiger partial charge in [-0.15, -0.1) is 0 Å². The van der Waals surface area contributed by atoms with Gasteiger partial charge in [-0.25, -0.2) is 0 Å². The van der Waals surface area contributed by atoms with Crippen LogP contribution >= 0.6 is 0 Å². The number of fused-ring (bicyclic) bond motifs is 1. The summed E-state index contributed by atoms with van der Waals surface area (Å²) in [5, 5.41) is 3.13. The van der Waals surface area contributed by atoms with Crippen molar-refractivity contribution in [2.45, 2.75) is 25.3 Å². The van der Waals surface area contributed by atoms with Gasteiger partial charge in [0.1, 0.15) is 5.75 Å². The number of likely N-dealkylation sites (tertiary alicyclic amines) is 1. The number of hydrogen-bond donors (Lipinski definition) is 1. The molecule has 2 heterocycles. The van der Waals surface area contributed by atoms with Crippen molar-refractivity contribution in [2.75, 3.05) is 19.7 Å². The van der Waals surface area contributed by atoms with E-state index in [9.17, 15) is 9.59 Å². The van der Waals surface area contributed by atoms with E-state index in [4.69, 9.17) is 4.74 Å². The minimum absolute atomic E-state index is 0.0349. The maximum atomic E-state index is 12.8. The zero-order valence-electron chi connectivity index (χ0n) is 15.3. The molecule has 0 radical (unpaired) electrons. The molecule has 0 spiro atoms. The van der Waals surface area contributed by atoms with Crippen molar-refractivity contribution in [3.8, 4) is 5.75 Å². The lowest BCUT2D eigenvalue weighted by molar-refractivity contribution is -0.129. The lowest BCUT2D eigenvalue weighted by atomic mass is 9.99. The smallest absolute Gasteiger partial charge is 0.225 e. The molecule has 0 unspecified atom stereocenters. The molecule has 1 saturated heterocycles. The fraction of sp³-hybridized carbons (Fsp3) is 0.364. The SMILES string of the molecule is O=C(N[C@@H]1CCOc2ccccc21)[C@@H]1CC(=O)N(CCc2ccccc2)C1. The molecule has 2 atom stereocenters. The van der Waals surface area contributed by atoms with E-state index in [1.807, 2.05) is 47.4 Å². The predicted octanol–water partition coefficient (Wildman–Crippen LogP) is 2.72. The zero-order valence-corrected chi connectivity index (χ0v) is 15.3. The third-order valence-electron chi connectivity index (χ3n) is 5.37. The summed E-state index contributed by atoms with van der Waals surface area (Å²) in [6.07, 6.45) is 1.86. The molecular weight excluding hydrogens is 340 g/mol. The molecule has 1 N–H and O–H groups in total. The fourth-order valence-corrected chi connectivity index (χ4v) is 3.85. The van der Waals surface area contributed by atoms with Gasteiger partial charge in [0.05, 0.1) is 18.6 Å². The second kappa shape index (κ2) is 7.82. The Kier molecular flexibility index (Phi) is 5.10. The number of carbonyl (C=O) groups is 2. The highest BCUT2D eigenvalue weighted by Crippen LogP contribution is 2.32. The fourth-order valence-electron chi connectivity index (χ4n) is 3.85. The first-order chi connectivity index (χ1) is 13.2. The molecule has 0 bridgehead atoms. The van der Waals surface area contributed by atoms with Crippen LogP contribution in [-0.4, -0.2) is 36.4 Å². The summed E-state index contributed by atoms with van der Waals surface area (Å²) in [5.74, 6) is 0.593. The Balaban J connectivity index is 1.34. The van der Waals surface area contributed by atoms with Gasteiger partial charge in [-0.05, 0) is 18.1 Å². The van der Waals surface area contributed by atoms with Gasteiger partial charge in [0, 0.05) is 31.5 Å². The number of nitrogens with zero attached hydrogens (tertiary/aromatic N) is 1. The molecule has 2 aromatic rings. The van der Waals surface area contributed by atoms with Crippen molar-refractivity contribution < 1.29 is 14.3 Å². The Bertz CT molecular complexity index is 821. The summed E-state index contributed by atoms with van der Waals surface area (Å²) < 4.78 is 5.66. The van der Waals surface area contributed by atoms with Crippen molar-refractivity contribution in [2.24, 2.45) is 5.92 Å². The van der Waals surface area contributed by atoms with Crippen LogP contribution in [0.15, 0.2) is 54.6 Å². The van der Waals surface area contributed by atoms with Crippen LogP contribution in [0.2, 0.25) is 0 Å². The number of benzene rings is 2. The molecule has 2 aliphatic heterocycles. The minimum atomic E-state index is -0.275. The maximum absolute atomic E-state index is 12.8. The van der Waals surface area contributed by atoms with Gasteiger partial charge in [0.15, 0.2) is 0 Å². The van der Waals surface area contributed by atoms with E-state index in [2.05, 4.69) is 17.4 Å². The first-order valence-corrected chi connectivity index (χ1v) is 9.54. The molecule has 0 aromatic heterocycles. The summed E-state index contributed by atoms with van der Waals surface area (Å²) in [4.78, 5) is 26.9. The predicted molar refractivity (Wildman–Crippen MR) is 102 cm³/mol. The highest BCUT2D eigenvalue weighted by atomic mass is 16.5. The van der Waals surface area contributed by atoms with E-state index >= 15 is 0 Å². The van der Waals surface area contributed by atoms with Gasteiger partial charge in [-0.3, -0.25) is 9.59 Å². The second-order valence-corrected chi connectivity index (χ2v) is 7.21. The van der Waals surface area contributed by atoms with Crippen molar-refractivity contribution in [1.82, 2.24) is 10.2 Å². The lowest BCUT2D eigenvalue weighted by Crippen LogP contribution is -2.37. The van der Waals surface area contributed by atoms with E-state index in [0.717, 1.165) is 24.2 Å². The van der Waals surface area contributed by atoms with Gasteiger partial charge < -0.3 is 15.0 Å². The Labute approximate surface area is 159 Å². The molecule has 2 aliphatic rings. The Morgan fingerprint density at radius 1 is 1.11 bits per heavy atom. The van der Waals surface area contributed by atoms with Crippen LogP contribution in [-0.2, 0) is 16.0 Å². The van der Waals surface area contributed by atoms with E-state index in [1.54, 1.807) is 0 Å². The van der Waals surface area contributed by atoms with Crippen molar-refractivity contribution in [1.29, 1.82) is 0 Å². The van der Waals surface area contributed by atoms with E-state index < -0.39 is 0 Å². The summed E-state index contributed by atoms with van der Waals surface area (Å²) in [7, 11) is 0. The standard InChI is InChI=1S/C22H24N2O3/c25-21-14-17(15-24(21)12-10-16-6-2-1-3-7-16)22(26)23-19-11-13-27-20-9-5-4-8-18(19)20/h1-9,17,19H,10-15H2,(H,23,26)/t17-,19-/m1/s1. The van der Waals surface area contributed by atoms with Gasteiger partial charge in [-0.1, -0.05) is 48.5 Å². The van der Waals surface area contributed by atoms with Gasteiger partial charge >= 0.3 is 0 Å². The number of amides is 2. The molecule has 140 valence electrons. The Morgan fingerprint density at radius 2 is 1.89 bits per heavy atom. The molecule has 5 nitrogen and oxygen atoms in total. The third-order valence-corrected chi connectivity index (χ3v) is 5.37. The zero-order chi connectivity index (χ0) is 18.6. The number of carbonyl (C=O) groups excluding carboxylic acids is 2. The van der Waals surface area contributed by atoms with Gasteiger partial charge in [0.2, 0.25) is 11.8 Å². The van der Waals surface area contributed by atoms with Crippen LogP contribution in [0, 0.1) is 5.92 Å². The van der Waals surface area contributed by atoms with Crippen molar-refractivity contribution in [3.63, 3.8) is 0 Å². The summed E-state index contributed by atoms with van der Waals surface area (Å²) in [6.45, 7) is 1.75. The van der Waals surface area contributed by atoms with Crippen LogP contribution < -0.4 is 10.1 Å². The Morgan fingerprint density at radius 3 is 2.74 bits per heavy atom. The third kappa shape index (κ3) is 3.97. The summed E-state index contributed by atoms with van der Waals surface area (Å²) in [6, 6.07) is 17.9. The highest BCUT2D eigenvalue weighted by molar-refractivity contribution is 5.89. The molecule has 2 amide bonds. The quantitative estimate of drug-likeness (QED) is 0.887. The molecule has 5 heteroatoms. The summed E-state index contributed by atoms with van der Waals surface area (Å²) >= 11 is 0. The minimum Gasteiger partial charge on any atom is -0.493 e. The maximum Gasteiger partial charge on any atom is 0.225 e. The van der Waals surface area contributed by atoms with Crippen LogP contribution in [0.25, 0.3) is 0 Å². The molecule has 0 aliphatic carbocycles. The first-order valence-electron chi connectivity index (χ1n) is 9.54. The monoisotopic (exact) mass is 364 g/mol. The second-order valence-electron chi connectivity index (χ2n) is 7.21. The molecule has 1 fully saturated rings. The van der Waals surface area contributed by atoms with Gasteiger partial charge in [0.25, 0.3) is 0 Å². The lowest BCUT2D eigenvalue weighted by Gasteiger charge is -2.27. The normalized spacial score (nSPS) is 21.5. The van der Waals surface area contributed by atoms with Crippen molar-refractivity contribution in [3.05, 3.63) is 65.7 Å². The molecule has 4 rings (SSSR count). The topological polar surface area (TPSA) is 58.6 Å². The molecular formula is C22H24N2O3. The average Bonchev–Trinajstić information content (AvgIpc) is 3.08. The number of rotatable bonds is 5. The number of nitrogens with one attached hydrogen (secondary N) is 1. The van der Waals surface area contributed by atoms with Gasteiger partial charge in [-0.2, -0.15) is 0 Å². The van der Waals surface area contributed by atoms with E-state index in [-0.39, 0.29) is 23.8 Å². The number of para-hydroxylation sites is 1. The first kappa shape index (κ1) is 17.6.